The Labute approximate surface area is 197 Å². The molecule has 1 saturated heterocycles. The fraction of sp³-hybridized carbons (Fsp3) is 0.280. The Morgan fingerprint density at radius 2 is 1.74 bits per heavy atom. The van der Waals surface area contributed by atoms with Crippen LogP contribution in [0.5, 0.6) is 0 Å². The number of pyridine rings is 2. The van der Waals surface area contributed by atoms with Gasteiger partial charge in [-0.15, -0.1) is 0 Å². The molecule has 0 radical (unpaired) electrons. The Bertz CT molecular complexity index is 1370. The van der Waals surface area contributed by atoms with Gasteiger partial charge in [0, 0.05) is 55.7 Å². The Morgan fingerprint density at radius 1 is 1.06 bits per heavy atom. The largest absolute Gasteiger partial charge is 0.372 e. The van der Waals surface area contributed by atoms with E-state index in [1.54, 1.807) is 30.2 Å². The van der Waals surface area contributed by atoms with Crippen molar-refractivity contribution in [3.8, 4) is 11.3 Å². The number of nitrogen functional groups attached to an aromatic ring is 1. The Hall–Kier alpha value is -3.98. The standard InChI is InChI=1S/C25H27N7O2/c1-15-13-32(14-16(2)34-15)20-6-4-19(5-7-20)29-23-22-17(8-9-31(3)24(22)33)10-21(30-23)18-11-27-25(26)28-12-18/h4-12,15-16H,13-14H2,1-3H3,(H,29,30)(H2,26,27,28). The first-order valence-electron chi connectivity index (χ1n) is 11.2. The average Bonchev–Trinajstić information content (AvgIpc) is 2.81. The second-order valence-corrected chi connectivity index (χ2v) is 8.72. The van der Waals surface area contributed by atoms with Crippen molar-refractivity contribution in [2.45, 2.75) is 26.1 Å². The lowest BCUT2D eigenvalue weighted by Gasteiger charge is -2.36. The number of benzene rings is 1. The highest BCUT2D eigenvalue weighted by atomic mass is 16.5. The van der Waals surface area contributed by atoms with E-state index in [4.69, 9.17) is 15.5 Å². The van der Waals surface area contributed by atoms with Crippen LogP contribution >= 0.6 is 0 Å². The molecule has 0 saturated carbocycles. The van der Waals surface area contributed by atoms with Crippen LogP contribution in [0.4, 0.5) is 23.1 Å². The summed E-state index contributed by atoms with van der Waals surface area (Å²) in [5.74, 6) is 0.674. The predicted molar refractivity (Wildman–Crippen MR) is 134 cm³/mol. The lowest BCUT2D eigenvalue weighted by Crippen LogP contribution is -2.45. The van der Waals surface area contributed by atoms with Crippen molar-refractivity contribution in [1.29, 1.82) is 0 Å². The minimum atomic E-state index is -0.125. The van der Waals surface area contributed by atoms with E-state index in [2.05, 4.69) is 46.2 Å². The summed E-state index contributed by atoms with van der Waals surface area (Å²) in [7, 11) is 1.73. The molecule has 0 aliphatic carbocycles. The van der Waals surface area contributed by atoms with E-state index in [-0.39, 0.29) is 23.7 Å². The third-order valence-corrected chi connectivity index (χ3v) is 5.94. The first-order chi connectivity index (χ1) is 16.4. The molecule has 0 spiro atoms. The summed E-state index contributed by atoms with van der Waals surface area (Å²) in [6, 6.07) is 11.9. The molecule has 9 heteroatoms. The summed E-state index contributed by atoms with van der Waals surface area (Å²) in [4.78, 5) is 28.2. The highest BCUT2D eigenvalue weighted by Gasteiger charge is 2.22. The lowest BCUT2D eigenvalue weighted by atomic mass is 10.1. The fourth-order valence-electron chi connectivity index (χ4n) is 4.35. The zero-order chi connectivity index (χ0) is 23.8. The maximum Gasteiger partial charge on any atom is 0.261 e. The van der Waals surface area contributed by atoms with Gasteiger partial charge in [0.15, 0.2) is 0 Å². The van der Waals surface area contributed by atoms with Crippen molar-refractivity contribution in [3.63, 3.8) is 0 Å². The molecule has 4 aromatic rings. The Morgan fingerprint density at radius 3 is 2.41 bits per heavy atom. The SMILES string of the molecule is CC1CN(c2ccc(Nc3nc(-c4cnc(N)nc4)cc4ccn(C)c(=O)c34)cc2)CC(C)O1. The van der Waals surface area contributed by atoms with Crippen LogP contribution < -0.4 is 21.5 Å². The third kappa shape index (κ3) is 4.29. The van der Waals surface area contributed by atoms with Crippen LogP contribution in [0, 0.1) is 0 Å². The molecule has 34 heavy (non-hydrogen) atoms. The number of nitrogens with zero attached hydrogens (tertiary/aromatic N) is 5. The summed E-state index contributed by atoms with van der Waals surface area (Å²) >= 11 is 0. The molecule has 1 aliphatic heterocycles. The van der Waals surface area contributed by atoms with Crippen LogP contribution in [-0.4, -0.2) is 44.8 Å². The van der Waals surface area contributed by atoms with E-state index >= 15 is 0 Å². The van der Waals surface area contributed by atoms with Gasteiger partial charge in [-0.2, -0.15) is 0 Å². The summed E-state index contributed by atoms with van der Waals surface area (Å²) < 4.78 is 7.39. The number of nitrogens with two attached hydrogens (primary N) is 1. The van der Waals surface area contributed by atoms with Crippen LogP contribution in [0.15, 0.2) is 59.8 Å². The van der Waals surface area contributed by atoms with Gasteiger partial charge in [-0.25, -0.2) is 15.0 Å². The van der Waals surface area contributed by atoms with E-state index in [9.17, 15) is 4.79 Å². The minimum Gasteiger partial charge on any atom is -0.372 e. The van der Waals surface area contributed by atoms with Crippen LogP contribution in [0.25, 0.3) is 22.0 Å². The Kier molecular flexibility index (Phi) is 5.62. The quantitative estimate of drug-likeness (QED) is 0.480. The van der Waals surface area contributed by atoms with Crippen molar-refractivity contribution < 1.29 is 4.74 Å². The van der Waals surface area contributed by atoms with Crippen LogP contribution in [-0.2, 0) is 11.8 Å². The number of morpholine rings is 1. The molecule has 3 N–H and O–H groups in total. The number of ether oxygens (including phenoxy) is 1. The zero-order valence-electron chi connectivity index (χ0n) is 19.4. The van der Waals surface area contributed by atoms with Crippen molar-refractivity contribution in [2.24, 2.45) is 7.05 Å². The second kappa shape index (κ2) is 8.75. The van der Waals surface area contributed by atoms with Crippen LogP contribution in [0.2, 0.25) is 0 Å². The Balaban J connectivity index is 1.51. The van der Waals surface area contributed by atoms with E-state index in [0.29, 0.717) is 22.5 Å². The highest BCUT2D eigenvalue weighted by Crippen LogP contribution is 2.29. The van der Waals surface area contributed by atoms with Gasteiger partial charge in [0.05, 0.1) is 23.3 Å². The average molecular weight is 458 g/mol. The number of nitrogens with one attached hydrogen (secondary N) is 1. The molecule has 174 valence electrons. The minimum absolute atomic E-state index is 0.125. The predicted octanol–water partition coefficient (Wildman–Crippen LogP) is 3.33. The fourth-order valence-corrected chi connectivity index (χ4v) is 4.35. The van der Waals surface area contributed by atoms with Gasteiger partial charge in [0.25, 0.3) is 5.56 Å². The number of rotatable bonds is 4. The van der Waals surface area contributed by atoms with Crippen molar-refractivity contribution >= 4 is 33.9 Å². The number of aromatic nitrogens is 4. The number of hydrogen-bond donors (Lipinski definition) is 2. The van der Waals surface area contributed by atoms with Crippen molar-refractivity contribution in [3.05, 3.63) is 65.3 Å². The zero-order valence-corrected chi connectivity index (χ0v) is 19.4. The van der Waals surface area contributed by atoms with E-state index < -0.39 is 0 Å². The molecule has 0 amide bonds. The summed E-state index contributed by atoms with van der Waals surface area (Å²) in [6.45, 7) is 5.89. The van der Waals surface area contributed by atoms with E-state index in [1.807, 2.05) is 24.3 Å². The van der Waals surface area contributed by atoms with E-state index in [0.717, 1.165) is 29.9 Å². The highest BCUT2D eigenvalue weighted by molar-refractivity contribution is 5.95. The topological polar surface area (TPSA) is 111 Å². The van der Waals surface area contributed by atoms with Gasteiger partial charge in [0.2, 0.25) is 5.95 Å². The molecule has 1 aromatic carbocycles. The molecule has 4 heterocycles. The maximum atomic E-state index is 13.0. The molecule has 9 nitrogen and oxygen atoms in total. The molecule has 1 fully saturated rings. The molecule has 1 aliphatic rings. The molecule has 2 atom stereocenters. The van der Waals surface area contributed by atoms with Gasteiger partial charge >= 0.3 is 0 Å². The number of hydrogen-bond acceptors (Lipinski definition) is 8. The molecule has 5 rings (SSSR count). The first kappa shape index (κ1) is 21.8. The summed E-state index contributed by atoms with van der Waals surface area (Å²) in [5.41, 5.74) is 8.84. The van der Waals surface area contributed by atoms with Crippen LogP contribution in [0.3, 0.4) is 0 Å². The van der Waals surface area contributed by atoms with E-state index in [1.165, 1.54) is 0 Å². The van der Waals surface area contributed by atoms with Crippen molar-refractivity contribution in [2.75, 3.05) is 29.0 Å². The molecule has 0 bridgehead atoms. The maximum absolute atomic E-state index is 13.0. The lowest BCUT2D eigenvalue weighted by molar-refractivity contribution is -0.00521. The van der Waals surface area contributed by atoms with Gasteiger partial charge in [-0.1, -0.05) is 0 Å². The molecular weight excluding hydrogens is 430 g/mol. The number of aryl methyl sites for hydroxylation is 1. The van der Waals surface area contributed by atoms with Crippen molar-refractivity contribution in [1.82, 2.24) is 19.5 Å². The summed E-state index contributed by atoms with van der Waals surface area (Å²) in [5, 5.41) is 4.65. The monoisotopic (exact) mass is 457 g/mol. The normalized spacial score (nSPS) is 18.3. The second-order valence-electron chi connectivity index (χ2n) is 8.72. The first-order valence-corrected chi connectivity index (χ1v) is 11.2. The third-order valence-electron chi connectivity index (χ3n) is 5.94. The molecular formula is C25H27N7O2. The smallest absolute Gasteiger partial charge is 0.261 e. The molecule has 3 aromatic heterocycles. The number of fused-ring (bicyclic) bond motifs is 1. The number of anilines is 4. The van der Waals surface area contributed by atoms with Gasteiger partial charge in [-0.05, 0) is 55.6 Å². The summed E-state index contributed by atoms with van der Waals surface area (Å²) in [6.07, 6.45) is 5.37. The van der Waals surface area contributed by atoms with Gasteiger partial charge < -0.3 is 25.3 Å². The van der Waals surface area contributed by atoms with Gasteiger partial charge in [-0.3, -0.25) is 4.79 Å². The van der Waals surface area contributed by atoms with Crippen LogP contribution in [0.1, 0.15) is 13.8 Å². The van der Waals surface area contributed by atoms with Gasteiger partial charge in [0.1, 0.15) is 5.82 Å². The molecule has 2 unspecified atom stereocenters.